The van der Waals surface area contributed by atoms with Crippen molar-refractivity contribution in [3.8, 4) is 5.75 Å². The zero-order valence-corrected chi connectivity index (χ0v) is 9.41. The van der Waals surface area contributed by atoms with Gasteiger partial charge in [0.15, 0.2) is 11.6 Å². The molecule has 0 fully saturated rings. The van der Waals surface area contributed by atoms with E-state index in [4.69, 9.17) is 9.84 Å². The van der Waals surface area contributed by atoms with E-state index in [1.807, 2.05) is 0 Å². The number of aromatic nitrogens is 1. The Kier molecular flexibility index (Phi) is 3.34. The number of ether oxygens (including phenoxy) is 1. The first-order valence-electron chi connectivity index (χ1n) is 4.71. The molecule has 0 aliphatic carbocycles. The Labute approximate surface area is 100 Å². The van der Waals surface area contributed by atoms with Crippen LogP contribution in [0.4, 0.5) is 4.39 Å². The lowest BCUT2D eigenvalue weighted by Gasteiger charge is -2.05. The Morgan fingerprint density at radius 3 is 2.94 bits per heavy atom. The summed E-state index contributed by atoms with van der Waals surface area (Å²) in [5.41, 5.74) is -0.107. The number of carbonyl (C=O) groups is 1. The molecule has 88 valence electrons. The van der Waals surface area contributed by atoms with Crippen LogP contribution in [0.5, 0.6) is 5.75 Å². The number of hydrogen-bond donors (Lipinski definition) is 1. The number of hydrogen-bond acceptors (Lipinski definition) is 4. The molecule has 1 aromatic carbocycles. The number of aromatic carboxylic acids is 1. The molecule has 1 heterocycles. The molecule has 17 heavy (non-hydrogen) atoms. The van der Waals surface area contributed by atoms with E-state index in [1.165, 1.54) is 23.5 Å². The third-order valence-electron chi connectivity index (χ3n) is 2.01. The van der Waals surface area contributed by atoms with Gasteiger partial charge in [0.1, 0.15) is 11.6 Å². The minimum atomic E-state index is -1.17. The van der Waals surface area contributed by atoms with E-state index in [2.05, 4.69) is 4.98 Å². The summed E-state index contributed by atoms with van der Waals surface area (Å²) in [7, 11) is 0. The van der Waals surface area contributed by atoms with E-state index >= 15 is 0 Å². The molecule has 0 amide bonds. The fraction of sp³-hybridized carbons (Fsp3) is 0.0909. The molecule has 0 spiro atoms. The Balaban J connectivity index is 2.09. The summed E-state index contributed by atoms with van der Waals surface area (Å²) < 4.78 is 18.6. The van der Waals surface area contributed by atoms with Crippen LogP contribution in [0.1, 0.15) is 15.4 Å². The highest BCUT2D eigenvalue weighted by molar-refractivity contribution is 7.09. The van der Waals surface area contributed by atoms with Crippen molar-refractivity contribution in [1.82, 2.24) is 4.98 Å². The van der Waals surface area contributed by atoms with Crippen LogP contribution in [0.25, 0.3) is 0 Å². The predicted octanol–water partition coefficient (Wildman–Crippen LogP) is 2.56. The summed E-state index contributed by atoms with van der Waals surface area (Å²) in [6.07, 6.45) is 1.63. The molecule has 1 aromatic heterocycles. The summed E-state index contributed by atoms with van der Waals surface area (Å²) in [6, 6.07) is 3.52. The highest BCUT2D eigenvalue weighted by atomic mass is 32.1. The summed E-state index contributed by atoms with van der Waals surface area (Å²) >= 11 is 1.40. The van der Waals surface area contributed by atoms with Crippen molar-refractivity contribution in [2.75, 3.05) is 0 Å². The summed E-state index contributed by atoms with van der Waals surface area (Å²) in [6.45, 7) is 0.168. The fourth-order valence-corrected chi connectivity index (χ4v) is 1.74. The number of thiazole rings is 1. The van der Waals surface area contributed by atoms with Crippen molar-refractivity contribution >= 4 is 17.3 Å². The van der Waals surface area contributed by atoms with E-state index in [0.717, 1.165) is 11.1 Å². The molecule has 4 nitrogen and oxygen atoms in total. The van der Waals surface area contributed by atoms with Gasteiger partial charge in [0.25, 0.3) is 0 Å². The van der Waals surface area contributed by atoms with Crippen LogP contribution >= 0.6 is 11.3 Å². The second kappa shape index (κ2) is 4.92. The molecule has 0 aliphatic rings. The summed E-state index contributed by atoms with van der Waals surface area (Å²) in [4.78, 5) is 14.6. The first-order valence-corrected chi connectivity index (χ1v) is 5.59. The largest absolute Gasteiger partial charge is 0.483 e. The van der Waals surface area contributed by atoms with E-state index in [-0.39, 0.29) is 17.9 Å². The van der Waals surface area contributed by atoms with Crippen molar-refractivity contribution < 1.29 is 19.0 Å². The topological polar surface area (TPSA) is 59.4 Å². The highest BCUT2D eigenvalue weighted by Crippen LogP contribution is 2.20. The zero-order valence-electron chi connectivity index (χ0n) is 8.59. The van der Waals surface area contributed by atoms with Gasteiger partial charge >= 0.3 is 5.97 Å². The standard InChI is InChI=1S/C11H8FNO3S/c12-8-5-7(11(14)15)1-2-9(8)16-6-10-13-3-4-17-10/h1-5H,6H2,(H,14,15). The molecule has 0 aliphatic heterocycles. The van der Waals surface area contributed by atoms with Crippen LogP contribution in [0.3, 0.4) is 0 Å². The molecule has 6 heteroatoms. The lowest BCUT2D eigenvalue weighted by atomic mass is 10.2. The number of halogens is 1. The van der Waals surface area contributed by atoms with Crippen molar-refractivity contribution in [3.63, 3.8) is 0 Å². The molecule has 0 bridgehead atoms. The van der Waals surface area contributed by atoms with Crippen LogP contribution in [-0.4, -0.2) is 16.1 Å². The monoisotopic (exact) mass is 253 g/mol. The molecular weight excluding hydrogens is 245 g/mol. The van der Waals surface area contributed by atoms with Gasteiger partial charge in [-0.05, 0) is 18.2 Å². The summed E-state index contributed by atoms with van der Waals surface area (Å²) in [5, 5.41) is 11.2. The first-order chi connectivity index (χ1) is 8.16. The predicted molar refractivity (Wildman–Crippen MR) is 59.8 cm³/mol. The smallest absolute Gasteiger partial charge is 0.335 e. The van der Waals surface area contributed by atoms with Crippen LogP contribution in [0.15, 0.2) is 29.8 Å². The lowest BCUT2D eigenvalue weighted by Crippen LogP contribution is -2.00. The Bertz CT molecular complexity index is 528. The quantitative estimate of drug-likeness (QED) is 0.909. The maximum atomic E-state index is 13.4. The van der Waals surface area contributed by atoms with Gasteiger partial charge in [-0.1, -0.05) is 0 Å². The van der Waals surface area contributed by atoms with Crippen LogP contribution < -0.4 is 4.74 Å². The van der Waals surface area contributed by atoms with E-state index in [1.54, 1.807) is 11.6 Å². The number of carboxylic acids is 1. The van der Waals surface area contributed by atoms with Gasteiger partial charge in [0.05, 0.1) is 5.56 Å². The maximum Gasteiger partial charge on any atom is 0.335 e. The van der Waals surface area contributed by atoms with Crippen LogP contribution in [0, 0.1) is 5.82 Å². The molecular formula is C11H8FNO3S. The normalized spacial score (nSPS) is 10.2. The minimum absolute atomic E-state index is 0.0187. The van der Waals surface area contributed by atoms with Crippen molar-refractivity contribution in [1.29, 1.82) is 0 Å². The second-order valence-corrected chi connectivity index (χ2v) is 4.14. The summed E-state index contributed by atoms with van der Waals surface area (Å²) in [5.74, 6) is -1.85. The highest BCUT2D eigenvalue weighted by Gasteiger charge is 2.09. The minimum Gasteiger partial charge on any atom is -0.483 e. The molecule has 0 unspecified atom stereocenters. The van der Waals surface area contributed by atoms with Gasteiger partial charge < -0.3 is 9.84 Å². The molecule has 0 saturated heterocycles. The Morgan fingerprint density at radius 2 is 2.35 bits per heavy atom. The Morgan fingerprint density at radius 1 is 1.53 bits per heavy atom. The third kappa shape index (κ3) is 2.79. The molecule has 0 atom stereocenters. The molecule has 2 rings (SSSR count). The van der Waals surface area contributed by atoms with Gasteiger partial charge in [-0.15, -0.1) is 11.3 Å². The number of nitrogens with zero attached hydrogens (tertiary/aromatic N) is 1. The number of benzene rings is 1. The van der Waals surface area contributed by atoms with Crippen molar-refractivity contribution in [3.05, 3.63) is 46.2 Å². The molecule has 1 N–H and O–H groups in total. The van der Waals surface area contributed by atoms with Crippen molar-refractivity contribution in [2.45, 2.75) is 6.61 Å². The average molecular weight is 253 g/mol. The van der Waals surface area contributed by atoms with Gasteiger partial charge in [0.2, 0.25) is 0 Å². The zero-order chi connectivity index (χ0) is 12.3. The SMILES string of the molecule is O=C(O)c1ccc(OCc2nccs2)c(F)c1. The average Bonchev–Trinajstić information content (AvgIpc) is 2.80. The van der Waals surface area contributed by atoms with Gasteiger partial charge in [-0.25, -0.2) is 14.2 Å². The van der Waals surface area contributed by atoms with Gasteiger partial charge in [0, 0.05) is 11.6 Å². The molecule has 0 saturated carbocycles. The van der Waals surface area contributed by atoms with E-state index in [9.17, 15) is 9.18 Å². The number of rotatable bonds is 4. The second-order valence-electron chi connectivity index (χ2n) is 3.16. The fourth-order valence-electron chi connectivity index (χ4n) is 1.21. The van der Waals surface area contributed by atoms with E-state index in [0.29, 0.717) is 0 Å². The molecule has 2 aromatic rings. The first kappa shape index (κ1) is 11.5. The van der Waals surface area contributed by atoms with Gasteiger partial charge in [-0.3, -0.25) is 0 Å². The Hall–Kier alpha value is -1.95. The van der Waals surface area contributed by atoms with E-state index < -0.39 is 11.8 Å². The van der Waals surface area contributed by atoms with Crippen LogP contribution in [-0.2, 0) is 6.61 Å². The molecule has 0 radical (unpaired) electrons. The maximum absolute atomic E-state index is 13.4. The van der Waals surface area contributed by atoms with Crippen LogP contribution in [0.2, 0.25) is 0 Å². The number of carboxylic acid groups (broad SMARTS) is 1. The van der Waals surface area contributed by atoms with Crippen molar-refractivity contribution in [2.24, 2.45) is 0 Å². The lowest BCUT2D eigenvalue weighted by molar-refractivity contribution is 0.0696. The third-order valence-corrected chi connectivity index (χ3v) is 2.77. The van der Waals surface area contributed by atoms with Gasteiger partial charge in [-0.2, -0.15) is 0 Å².